The second-order valence-corrected chi connectivity index (χ2v) is 6.78. The largest absolute Gasteiger partial charge is 0.485 e. The number of aliphatic imine (C=N–C) groups is 1. The van der Waals surface area contributed by atoms with Crippen LogP contribution in [0.15, 0.2) is 87.0 Å². The molecular weight excluding hydrogens is 350 g/mol. The Bertz CT molecular complexity index is 1270. The molecule has 0 aliphatic carbocycles. The van der Waals surface area contributed by atoms with E-state index in [1.165, 1.54) is 0 Å². The summed E-state index contributed by atoms with van der Waals surface area (Å²) in [4.78, 5) is 17.4. The molecule has 0 fully saturated rings. The first-order valence-electron chi connectivity index (χ1n) is 9.13. The molecule has 5 rings (SSSR count). The highest BCUT2D eigenvalue weighted by atomic mass is 16.5. The Morgan fingerprint density at radius 3 is 2.29 bits per heavy atom. The summed E-state index contributed by atoms with van der Waals surface area (Å²) in [6, 6.07) is 23.3. The maximum absolute atomic E-state index is 12.6. The van der Waals surface area contributed by atoms with E-state index in [-0.39, 0.29) is 5.63 Å². The molecule has 4 nitrogen and oxygen atoms in total. The smallest absolute Gasteiger partial charge is 0.344 e. The van der Waals surface area contributed by atoms with E-state index in [9.17, 15) is 4.79 Å². The highest BCUT2D eigenvalue weighted by Gasteiger charge is 2.19. The van der Waals surface area contributed by atoms with Crippen LogP contribution in [0, 0.1) is 6.92 Å². The van der Waals surface area contributed by atoms with Gasteiger partial charge < -0.3 is 9.15 Å². The van der Waals surface area contributed by atoms with Gasteiger partial charge in [-0.15, -0.1) is 0 Å². The minimum Gasteiger partial charge on any atom is -0.485 e. The zero-order valence-corrected chi connectivity index (χ0v) is 15.3. The summed E-state index contributed by atoms with van der Waals surface area (Å²) in [5.41, 5.74) is 5.13. The monoisotopic (exact) mass is 367 g/mol. The first kappa shape index (κ1) is 16.5. The van der Waals surface area contributed by atoms with Gasteiger partial charge in [-0.2, -0.15) is 0 Å². The van der Waals surface area contributed by atoms with Gasteiger partial charge in [-0.1, -0.05) is 60.7 Å². The predicted molar refractivity (Wildman–Crippen MR) is 111 cm³/mol. The molecule has 0 spiro atoms. The Morgan fingerprint density at radius 1 is 0.893 bits per heavy atom. The number of fused-ring (bicyclic) bond motifs is 2. The summed E-state index contributed by atoms with van der Waals surface area (Å²) in [6.45, 7) is 2.33. The van der Waals surface area contributed by atoms with Crippen molar-refractivity contribution in [1.29, 1.82) is 0 Å². The van der Waals surface area contributed by atoms with Crippen LogP contribution < -0.4 is 10.4 Å². The van der Waals surface area contributed by atoms with Crippen LogP contribution in [-0.2, 0) is 0 Å². The van der Waals surface area contributed by atoms with Crippen LogP contribution in [0.5, 0.6) is 5.75 Å². The normalized spacial score (nSPS) is 13.0. The minimum atomic E-state index is -0.347. The van der Waals surface area contributed by atoms with Crippen molar-refractivity contribution in [3.05, 3.63) is 94.3 Å². The van der Waals surface area contributed by atoms with Crippen molar-refractivity contribution in [2.45, 2.75) is 6.92 Å². The fourth-order valence-corrected chi connectivity index (χ4v) is 3.61. The topological polar surface area (TPSA) is 51.8 Å². The second-order valence-electron chi connectivity index (χ2n) is 6.78. The molecule has 1 aliphatic heterocycles. The van der Waals surface area contributed by atoms with E-state index < -0.39 is 0 Å². The van der Waals surface area contributed by atoms with Crippen LogP contribution in [0.25, 0.3) is 22.1 Å². The average Bonchev–Trinajstić information content (AvgIpc) is 2.74. The van der Waals surface area contributed by atoms with Gasteiger partial charge in [-0.3, -0.25) is 0 Å². The van der Waals surface area contributed by atoms with Crippen LogP contribution in [0.2, 0.25) is 0 Å². The summed E-state index contributed by atoms with van der Waals surface area (Å²) in [5, 5.41) is 0.860. The van der Waals surface area contributed by atoms with E-state index in [1.54, 1.807) is 6.07 Å². The zero-order valence-electron chi connectivity index (χ0n) is 15.3. The molecule has 0 radical (unpaired) electrons. The average molecular weight is 367 g/mol. The van der Waals surface area contributed by atoms with Crippen LogP contribution in [0.1, 0.15) is 11.1 Å². The SMILES string of the molecule is Cc1c(-c2ccccc2)c(=O)oc2cc3c(cc12)N=C(c1ccccc1)CO3. The van der Waals surface area contributed by atoms with Crippen molar-refractivity contribution in [1.82, 2.24) is 0 Å². The van der Waals surface area contributed by atoms with Crippen molar-refractivity contribution in [3.63, 3.8) is 0 Å². The molecule has 1 aromatic heterocycles. The van der Waals surface area contributed by atoms with Crippen molar-refractivity contribution >= 4 is 22.4 Å². The van der Waals surface area contributed by atoms with Crippen molar-refractivity contribution < 1.29 is 9.15 Å². The van der Waals surface area contributed by atoms with E-state index in [0.29, 0.717) is 23.5 Å². The van der Waals surface area contributed by atoms with E-state index in [1.807, 2.05) is 73.7 Å². The Hall–Kier alpha value is -3.66. The lowest BCUT2D eigenvalue weighted by Gasteiger charge is -2.18. The van der Waals surface area contributed by atoms with Crippen LogP contribution >= 0.6 is 0 Å². The fraction of sp³-hybridized carbons (Fsp3) is 0.0833. The lowest BCUT2D eigenvalue weighted by molar-refractivity contribution is 0.372. The van der Waals surface area contributed by atoms with Gasteiger partial charge in [0.15, 0.2) is 0 Å². The summed E-state index contributed by atoms with van der Waals surface area (Å²) in [6.07, 6.45) is 0. The first-order chi connectivity index (χ1) is 13.7. The number of hydrogen-bond acceptors (Lipinski definition) is 4. The van der Waals surface area contributed by atoms with Gasteiger partial charge in [-0.25, -0.2) is 9.79 Å². The number of hydrogen-bond donors (Lipinski definition) is 0. The molecule has 28 heavy (non-hydrogen) atoms. The molecule has 1 aliphatic rings. The molecule has 0 saturated carbocycles. The molecule has 0 atom stereocenters. The van der Waals surface area contributed by atoms with Gasteiger partial charge in [0.2, 0.25) is 0 Å². The molecule has 0 bridgehead atoms. The van der Waals surface area contributed by atoms with Gasteiger partial charge >= 0.3 is 5.63 Å². The number of rotatable bonds is 2. The van der Waals surface area contributed by atoms with E-state index in [0.717, 1.165) is 33.5 Å². The van der Waals surface area contributed by atoms with Crippen LogP contribution in [-0.4, -0.2) is 12.3 Å². The maximum atomic E-state index is 12.6. The zero-order chi connectivity index (χ0) is 19.1. The van der Waals surface area contributed by atoms with E-state index in [4.69, 9.17) is 14.1 Å². The lowest BCUT2D eigenvalue weighted by Crippen LogP contribution is -2.16. The van der Waals surface area contributed by atoms with Gasteiger partial charge in [-0.05, 0) is 29.7 Å². The first-order valence-corrected chi connectivity index (χ1v) is 9.13. The molecule has 4 aromatic rings. The Kier molecular flexibility index (Phi) is 3.83. The summed E-state index contributed by atoms with van der Waals surface area (Å²) in [5.74, 6) is 0.627. The third-order valence-electron chi connectivity index (χ3n) is 5.04. The highest BCUT2D eigenvalue weighted by Crippen LogP contribution is 2.38. The number of aryl methyl sites for hydroxylation is 1. The number of benzene rings is 3. The second kappa shape index (κ2) is 6.50. The molecule has 0 amide bonds. The standard InChI is InChI=1S/C24H17NO3/c1-15-18-12-19-22(27-14-20(25-19)16-8-4-2-5-9-16)13-21(18)28-24(26)23(15)17-10-6-3-7-11-17/h2-13H,14H2,1H3. The van der Waals surface area contributed by atoms with Crippen molar-refractivity contribution in [2.75, 3.05) is 6.61 Å². The molecular formula is C24H17NO3. The third-order valence-corrected chi connectivity index (χ3v) is 5.04. The molecule has 0 saturated heterocycles. The molecule has 136 valence electrons. The molecule has 0 unspecified atom stereocenters. The number of ether oxygens (including phenoxy) is 1. The molecule has 0 N–H and O–H groups in total. The maximum Gasteiger partial charge on any atom is 0.344 e. The van der Waals surface area contributed by atoms with Gasteiger partial charge in [0.05, 0.1) is 11.3 Å². The predicted octanol–water partition coefficient (Wildman–Crippen LogP) is 5.28. The van der Waals surface area contributed by atoms with Crippen LogP contribution in [0.4, 0.5) is 5.69 Å². The molecule has 2 heterocycles. The van der Waals surface area contributed by atoms with E-state index >= 15 is 0 Å². The Balaban J connectivity index is 1.71. The summed E-state index contributed by atoms with van der Waals surface area (Å²) >= 11 is 0. The van der Waals surface area contributed by atoms with Crippen LogP contribution in [0.3, 0.4) is 0 Å². The van der Waals surface area contributed by atoms with Crippen molar-refractivity contribution in [2.24, 2.45) is 4.99 Å². The Morgan fingerprint density at radius 2 is 1.57 bits per heavy atom. The van der Waals surface area contributed by atoms with Gasteiger partial charge in [0.25, 0.3) is 0 Å². The lowest BCUT2D eigenvalue weighted by atomic mass is 9.99. The number of nitrogens with zero attached hydrogens (tertiary/aromatic N) is 1. The van der Waals surface area contributed by atoms with E-state index in [2.05, 4.69) is 0 Å². The quantitative estimate of drug-likeness (QED) is 0.453. The highest BCUT2D eigenvalue weighted by molar-refractivity contribution is 6.05. The summed E-state index contributed by atoms with van der Waals surface area (Å²) in [7, 11) is 0. The fourth-order valence-electron chi connectivity index (χ4n) is 3.61. The summed E-state index contributed by atoms with van der Waals surface area (Å²) < 4.78 is 11.5. The molecule has 3 aromatic carbocycles. The molecule has 4 heteroatoms. The van der Waals surface area contributed by atoms with Gasteiger partial charge in [0, 0.05) is 11.5 Å². The van der Waals surface area contributed by atoms with Crippen molar-refractivity contribution in [3.8, 4) is 16.9 Å². The third kappa shape index (κ3) is 2.70. The Labute approximate surface area is 161 Å². The van der Waals surface area contributed by atoms with Gasteiger partial charge in [0.1, 0.15) is 23.6 Å². The minimum absolute atomic E-state index is 0.347.